The number of hydrogen-bond donors (Lipinski definition) is 1. The molecule has 4 rings (SSSR count). The quantitative estimate of drug-likeness (QED) is 0.596. The number of likely N-dealkylation sites (N-methyl/N-ethyl adjacent to an activating group) is 1. The molecule has 1 fully saturated rings. The zero-order chi connectivity index (χ0) is 23.8. The number of amides is 1. The summed E-state index contributed by atoms with van der Waals surface area (Å²) < 4.78 is 29.2. The maximum absolute atomic E-state index is 13.0. The van der Waals surface area contributed by atoms with Crippen molar-refractivity contribution in [2.45, 2.75) is 18.7 Å². The topological polar surface area (TPSA) is 87.5 Å². The van der Waals surface area contributed by atoms with Crippen LogP contribution in [0.2, 0.25) is 5.02 Å². The van der Waals surface area contributed by atoms with Crippen molar-refractivity contribution in [3.8, 4) is 5.69 Å². The first-order chi connectivity index (χ1) is 15.7. The molecule has 0 unspecified atom stereocenters. The van der Waals surface area contributed by atoms with Crippen LogP contribution in [0.25, 0.3) is 5.69 Å². The molecule has 0 aliphatic carbocycles. The molecule has 0 saturated carbocycles. The van der Waals surface area contributed by atoms with Gasteiger partial charge >= 0.3 is 0 Å². The molecular weight excluding hydrogens is 462 g/mol. The number of sulfonamides is 1. The molecule has 2 aromatic carbocycles. The molecule has 0 radical (unpaired) electrons. The minimum atomic E-state index is -3.62. The maximum atomic E-state index is 13.0. The first-order valence-corrected chi connectivity index (χ1v) is 12.4. The van der Waals surface area contributed by atoms with Crippen LogP contribution in [-0.4, -0.2) is 66.5 Å². The van der Waals surface area contributed by atoms with E-state index in [0.29, 0.717) is 42.5 Å². The fourth-order valence-electron chi connectivity index (χ4n) is 3.74. The molecule has 1 saturated heterocycles. The first kappa shape index (κ1) is 23.4. The SMILES string of the molecule is Cc1nn(-c2ccc(C(=O)Nc3cccc(S(=O)(=O)N4CCN(C)CC4)c3)cc2)c(C)c1Cl. The van der Waals surface area contributed by atoms with Gasteiger partial charge in [-0.3, -0.25) is 4.79 Å². The fourth-order valence-corrected chi connectivity index (χ4v) is 5.33. The molecule has 174 valence electrons. The average Bonchev–Trinajstić information content (AvgIpc) is 3.07. The Balaban J connectivity index is 1.49. The van der Waals surface area contributed by atoms with Gasteiger partial charge in [0.15, 0.2) is 0 Å². The lowest BCUT2D eigenvalue weighted by molar-refractivity contribution is 0.102. The van der Waals surface area contributed by atoms with Crippen LogP contribution in [0.15, 0.2) is 53.4 Å². The van der Waals surface area contributed by atoms with E-state index in [4.69, 9.17) is 11.6 Å². The zero-order valence-corrected chi connectivity index (χ0v) is 20.3. The predicted octanol–water partition coefficient (Wildman–Crippen LogP) is 3.33. The summed E-state index contributed by atoms with van der Waals surface area (Å²) in [6.45, 7) is 5.99. The molecule has 3 aromatic rings. The van der Waals surface area contributed by atoms with E-state index in [0.717, 1.165) is 17.1 Å². The average molecular weight is 488 g/mol. The molecule has 0 bridgehead atoms. The molecule has 1 amide bonds. The Labute approximate surface area is 198 Å². The van der Waals surface area contributed by atoms with Crippen LogP contribution in [0.4, 0.5) is 5.69 Å². The monoisotopic (exact) mass is 487 g/mol. The first-order valence-electron chi connectivity index (χ1n) is 10.6. The fraction of sp³-hybridized carbons (Fsp3) is 0.304. The van der Waals surface area contributed by atoms with Gasteiger partial charge in [-0.2, -0.15) is 9.40 Å². The number of hydrogen-bond acceptors (Lipinski definition) is 5. The number of halogens is 1. The third-order valence-corrected chi connectivity index (χ3v) is 8.21. The summed E-state index contributed by atoms with van der Waals surface area (Å²) in [5.74, 6) is -0.331. The Bertz CT molecular complexity index is 1280. The molecule has 1 aliphatic heterocycles. The Morgan fingerprint density at radius 2 is 1.70 bits per heavy atom. The minimum absolute atomic E-state index is 0.168. The third kappa shape index (κ3) is 4.81. The summed E-state index contributed by atoms with van der Waals surface area (Å²) in [5.41, 5.74) is 3.22. The van der Waals surface area contributed by atoms with Crippen LogP contribution in [0.1, 0.15) is 21.7 Å². The number of anilines is 1. The van der Waals surface area contributed by atoms with Gasteiger partial charge in [0.25, 0.3) is 5.91 Å². The number of benzene rings is 2. The Morgan fingerprint density at radius 1 is 1.03 bits per heavy atom. The number of nitrogens with one attached hydrogen (secondary N) is 1. The van der Waals surface area contributed by atoms with E-state index < -0.39 is 10.0 Å². The van der Waals surface area contributed by atoms with Gasteiger partial charge in [0, 0.05) is 37.4 Å². The van der Waals surface area contributed by atoms with Crippen molar-refractivity contribution in [2.24, 2.45) is 0 Å². The van der Waals surface area contributed by atoms with Crippen molar-refractivity contribution < 1.29 is 13.2 Å². The van der Waals surface area contributed by atoms with E-state index in [9.17, 15) is 13.2 Å². The molecule has 1 aromatic heterocycles. The molecular formula is C23H26ClN5O3S. The van der Waals surface area contributed by atoms with Gasteiger partial charge in [-0.25, -0.2) is 13.1 Å². The maximum Gasteiger partial charge on any atom is 0.255 e. The summed E-state index contributed by atoms with van der Waals surface area (Å²) in [7, 11) is -1.64. The summed E-state index contributed by atoms with van der Waals surface area (Å²) in [6, 6.07) is 13.3. The third-order valence-electron chi connectivity index (χ3n) is 5.77. The normalized spacial score (nSPS) is 15.5. The van der Waals surface area contributed by atoms with Crippen molar-refractivity contribution in [3.05, 3.63) is 70.5 Å². The number of nitrogens with zero attached hydrogens (tertiary/aromatic N) is 4. The van der Waals surface area contributed by atoms with Crippen LogP contribution in [-0.2, 0) is 10.0 Å². The van der Waals surface area contributed by atoms with Crippen LogP contribution in [0.5, 0.6) is 0 Å². The number of carbonyl (C=O) groups excluding carboxylic acids is 1. The van der Waals surface area contributed by atoms with E-state index in [2.05, 4.69) is 15.3 Å². The van der Waals surface area contributed by atoms with E-state index in [1.54, 1.807) is 47.1 Å². The molecule has 1 aliphatic rings. The van der Waals surface area contributed by atoms with Gasteiger partial charge < -0.3 is 10.2 Å². The molecule has 33 heavy (non-hydrogen) atoms. The Hall–Kier alpha value is -2.72. The van der Waals surface area contributed by atoms with Crippen molar-refractivity contribution in [2.75, 3.05) is 38.5 Å². The number of aryl methyl sites for hydroxylation is 1. The van der Waals surface area contributed by atoms with E-state index in [1.807, 2.05) is 20.9 Å². The van der Waals surface area contributed by atoms with Gasteiger partial charge in [-0.1, -0.05) is 17.7 Å². The van der Waals surface area contributed by atoms with Crippen molar-refractivity contribution in [1.82, 2.24) is 19.0 Å². The lowest BCUT2D eigenvalue weighted by Crippen LogP contribution is -2.47. The van der Waals surface area contributed by atoms with Crippen LogP contribution in [0.3, 0.4) is 0 Å². The second-order valence-corrected chi connectivity index (χ2v) is 10.4. The lowest BCUT2D eigenvalue weighted by Gasteiger charge is -2.31. The second-order valence-electron chi connectivity index (χ2n) is 8.13. The van der Waals surface area contributed by atoms with E-state index in [-0.39, 0.29) is 10.8 Å². The second kappa shape index (κ2) is 9.26. The van der Waals surface area contributed by atoms with Crippen LogP contribution in [0, 0.1) is 13.8 Å². The summed E-state index contributed by atoms with van der Waals surface area (Å²) in [5, 5.41) is 7.82. The van der Waals surface area contributed by atoms with Crippen molar-refractivity contribution in [1.29, 1.82) is 0 Å². The van der Waals surface area contributed by atoms with Gasteiger partial charge in [-0.15, -0.1) is 0 Å². The smallest absolute Gasteiger partial charge is 0.255 e. The standard InChI is InChI=1S/C23H26ClN5O3S/c1-16-22(24)17(2)29(26-16)20-9-7-18(8-10-20)23(30)25-19-5-4-6-21(15-19)33(31,32)28-13-11-27(3)12-14-28/h4-10,15H,11-14H2,1-3H3,(H,25,30). The summed E-state index contributed by atoms with van der Waals surface area (Å²) in [6.07, 6.45) is 0. The zero-order valence-electron chi connectivity index (χ0n) is 18.7. The Kier molecular flexibility index (Phi) is 6.58. The highest BCUT2D eigenvalue weighted by molar-refractivity contribution is 7.89. The summed E-state index contributed by atoms with van der Waals surface area (Å²) in [4.78, 5) is 15.0. The van der Waals surface area contributed by atoms with E-state index in [1.165, 1.54) is 10.4 Å². The molecule has 2 heterocycles. The van der Waals surface area contributed by atoms with Crippen molar-refractivity contribution in [3.63, 3.8) is 0 Å². The molecule has 8 nitrogen and oxygen atoms in total. The number of carbonyl (C=O) groups is 1. The van der Waals surface area contributed by atoms with Gasteiger partial charge in [-0.05, 0) is 63.4 Å². The number of piperazine rings is 1. The van der Waals surface area contributed by atoms with Crippen molar-refractivity contribution >= 4 is 33.2 Å². The molecule has 0 spiro atoms. The Morgan fingerprint density at radius 3 is 2.30 bits per heavy atom. The van der Waals surface area contributed by atoms with Gasteiger partial charge in [0.1, 0.15) is 0 Å². The molecule has 10 heteroatoms. The largest absolute Gasteiger partial charge is 0.322 e. The van der Waals surface area contributed by atoms with E-state index >= 15 is 0 Å². The molecule has 0 atom stereocenters. The lowest BCUT2D eigenvalue weighted by atomic mass is 10.2. The highest BCUT2D eigenvalue weighted by atomic mass is 35.5. The number of rotatable bonds is 5. The van der Waals surface area contributed by atoms with Crippen LogP contribution >= 0.6 is 11.6 Å². The van der Waals surface area contributed by atoms with Gasteiger partial charge in [0.2, 0.25) is 10.0 Å². The minimum Gasteiger partial charge on any atom is -0.322 e. The highest BCUT2D eigenvalue weighted by Gasteiger charge is 2.27. The van der Waals surface area contributed by atoms with Crippen LogP contribution < -0.4 is 5.32 Å². The highest BCUT2D eigenvalue weighted by Crippen LogP contribution is 2.24. The van der Waals surface area contributed by atoms with Gasteiger partial charge in [0.05, 0.1) is 27.0 Å². The number of aromatic nitrogens is 2. The summed E-state index contributed by atoms with van der Waals surface area (Å²) >= 11 is 6.23. The molecule has 1 N–H and O–H groups in total. The predicted molar refractivity (Wildman–Crippen MR) is 129 cm³/mol.